The molecule has 4 rings (SSSR count). The smallest absolute Gasteiger partial charge is 0.250 e. The molecule has 3 heterocycles. The number of rotatable bonds is 5. The number of para-hydroxylation sites is 1. The van der Waals surface area contributed by atoms with Crippen molar-refractivity contribution in [2.45, 2.75) is 31.8 Å². The summed E-state index contributed by atoms with van der Waals surface area (Å²) < 4.78 is 5.07. The average Bonchev–Trinajstić information content (AvgIpc) is 3.20. The number of ether oxygens (including phenoxy) is 1. The summed E-state index contributed by atoms with van der Waals surface area (Å²) in [6.07, 6.45) is 0.684. The lowest BCUT2D eigenvalue weighted by Crippen LogP contribution is -2.53. The Bertz CT molecular complexity index is 858. The van der Waals surface area contributed by atoms with Crippen molar-refractivity contribution in [3.8, 4) is 0 Å². The molecule has 3 amide bonds. The van der Waals surface area contributed by atoms with E-state index in [0.29, 0.717) is 28.6 Å². The van der Waals surface area contributed by atoms with Crippen LogP contribution >= 0.6 is 11.6 Å². The maximum absolute atomic E-state index is 13.3. The van der Waals surface area contributed by atoms with Gasteiger partial charge in [-0.15, -0.1) is 0 Å². The van der Waals surface area contributed by atoms with Gasteiger partial charge >= 0.3 is 0 Å². The summed E-state index contributed by atoms with van der Waals surface area (Å²) in [5, 5.41) is 6.66. The summed E-state index contributed by atoms with van der Waals surface area (Å²) >= 11 is 6.30. The number of carbonyl (C=O) groups is 3. The highest BCUT2D eigenvalue weighted by Gasteiger charge is 2.70. The molecular weight excluding hydrogens is 382 g/mol. The zero-order valence-electron chi connectivity index (χ0n) is 16.1. The number of nitrogens with zero attached hydrogens (tertiary/aromatic N) is 1. The van der Waals surface area contributed by atoms with Crippen LogP contribution in [-0.4, -0.2) is 48.9 Å². The molecule has 28 heavy (non-hydrogen) atoms. The molecule has 3 aliphatic heterocycles. The van der Waals surface area contributed by atoms with Crippen LogP contribution in [0.2, 0.25) is 5.02 Å². The first-order valence-electron chi connectivity index (χ1n) is 9.55. The zero-order valence-corrected chi connectivity index (χ0v) is 16.9. The SMILES string of the molecule is COCCN1C(=O)[C@@H]2[C@H](CC(C)C)N[C@]3(C(=O)Nc4c(Cl)cccc43)[C@@H]2C1=O. The van der Waals surface area contributed by atoms with Gasteiger partial charge in [-0.25, -0.2) is 0 Å². The Hall–Kier alpha value is -1.96. The Morgan fingerprint density at radius 2 is 2.00 bits per heavy atom. The number of hydrogen-bond donors (Lipinski definition) is 2. The number of halogens is 1. The summed E-state index contributed by atoms with van der Waals surface area (Å²) in [5.41, 5.74) is -0.124. The number of benzene rings is 1. The lowest BCUT2D eigenvalue weighted by Gasteiger charge is -2.29. The maximum Gasteiger partial charge on any atom is 0.250 e. The average molecular weight is 406 g/mol. The largest absolute Gasteiger partial charge is 0.383 e. The van der Waals surface area contributed by atoms with E-state index in [4.69, 9.17) is 16.3 Å². The van der Waals surface area contributed by atoms with Gasteiger partial charge in [0.25, 0.3) is 0 Å². The first kappa shape index (κ1) is 19.4. The summed E-state index contributed by atoms with van der Waals surface area (Å²) in [7, 11) is 1.53. The minimum atomic E-state index is -1.28. The van der Waals surface area contributed by atoms with Gasteiger partial charge in [0.2, 0.25) is 17.7 Å². The third-order valence-corrected chi connectivity index (χ3v) is 6.35. The maximum atomic E-state index is 13.3. The van der Waals surface area contributed by atoms with E-state index in [1.54, 1.807) is 18.2 Å². The second kappa shape index (κ2) is 6.83. The van der Waals surface area contributed by atoms with Gasteiger partial charge in [-0.05, 0) is 18.4 Å². The van der Waals surface area contributed by atoms with Crippen molar-refractivity contribution in [3.05, 3.63) is 28.8 Å². The highest BCUT2D eigenvalue weighted by molar-refractivity contribution is 6.35. The van der Waals surface area contributed by atoms with Crippen molar-refractivity contribution in [1.29, 1.82) is 0 Å². The molecule has 0 radical (unpaired) electrons. The Kier molecular flexibility index (Phi) is 4.72. The van der Waals surface area contributed by atoms with Gasteiger partial charge in [-0.3, -0.25) is 24.6 Å². The van der Waals surface area contributed by atoms with E-state index in [9.17, 15) is 14.4 Å². The molecule has 4 atom stereocenters. The molecule has 0 aliphatic carbocycles. The van der Waals surface area contributed by atoms with E-state index >= 15 is 0 Å². The fourth-order valence-electron chi connectivity index (χ4n) is 4.97. The Morgan fingerprint density at radius 1 is 1.25 bits per heavy atom. The molecule has 2 saturated heterocycles. The third kappa shape index (κ3) is 2.53. The molecule has 3 aliphatic rings. The van der Waals surface area contributed by atoms with Crippen LogP contribution in [-0.2, 0) is 24.7 Å². The predicted octanol–water partition coefficient (Wildman–Crippen LogP) is 1.75. The van der Waals surface area contributed by atoms with Crippen LogP contribution in [0.25, 0.3) is 0 Å². The van der Waals surface area contributed by atoms with Crippen molar-refractivity contribution >= 4 is 35.0 Å². The fraction of sp³-hybridized carbons (Fsp3) is 0.550. The first-order valence-corrected chi connectivity index (χ1v) is 9.93. The number of carbonyl (C=O) groups excluding carboxylic acids is 3. The molecule has 8 heteroatoms. The molecule has 150 valence electrons. The van der Waals surface area contributed by atoms with Gasteiger partial charge in [-0.2, -0.15) is 0 Å². The molecule has 0 saturated carbocycles. The lowest BCUT2D eigenvalue weighted by atomic mass is 9.76. The van der Waals surface area contributed by atoms with Crippen LogP contribution in [0.3, 0.4) is 0 Å². The number of fused-ring (bicyclic) bond motifs is 4. The molecule has 0 unspecified atom stereocenters. The standard InChI is InChI=1S/C20H24ClN3O4/c1-10(2)9-13-14-15(18(26)24(17(14)25)7-8-28-3)20(23-13)11-5-4-6-12(21)16(11)22-19(20)27/h4-6,10,13-15,23H,7-9H2,1-3H3,(H,22,27)/t13-,14+,15-,20-/m0/s1. The van der Waals surface area contributed by atoms with E-state index in [-0.39, 0.29) is 36.9 Å². The molecule has 0 aromatic heterocycles. The second-order valence-corrected chi connectivity index (χ2v) is 8.54. The Balaban J connectivity index is 1.84. The first-order chi connectivity index (χ1) is 13.3. The quantitative estimate of drug-likeness (QED) is 0.729. The zero-order chi connectivity index (χ0) is 20.2. The normalized spacial score (nSPS) is 31.1. The molecule has 2 N–H and O–H groups in total. The molecule has 7 nitrogen and oxygen atoms in total. The van der Waals surface area contributed by atoms with Crippen LogP contribution in [0, 0.1) is 17.8 Å². The molecular formula is C20H24ClN3O4. The summed E-state index contributed by atoms with van der Waals surface area (Å²) in [6.45, 7) is 4.58. The number of hydrogen-bond acceptors (Lipinski definition) is 5. The molecule has 1 spiro atoms. The number of anilines is 1. The summed E-state index contributed by atoms with van der Waals surface area (Å²) in [4.78, 5) is 41.0. The highest BCUT2D eigenvalue weighted by Crippen LogP contribution is 2.54. The van der Waals surface area contributed by atoms with Crippen molar-refractivity contribution in [2.75, 3.05) is 25.6 Å². The number of nitrogens with one attached hydrogen (secondary N) is 2. The van der Waals surface area contributed by atoms with Gasteiger partial charge < -0.3 is 10.1 Å². The van der Waals surface area contributed by atoms with Gasteiger partial charge in [0.15, 0.2) is 0 Å². The Morgan fingerprint density at radius 3 is 2.68 bits per heavy atom. The summed E-state index contributed by atoms with van der Waals surface area (Å²) in [6, 6.07) is 4.99. The molecule has 2 fully saturated rings. The van der Waals surface area contributed by atoms with E-state index in [1.165, 1.54) is 12.0 Å². The monoisotopic (exact) mass is 405 g/mol. The number of methoxy groups -OCH3 is 1. The van der Waals surface area contributed by atoms with Crippen molar-refractivity contribution < 1.29 is 19.1 Å². The lowest BCUT2D eigenvalue weighted by molar-refractivity contribution is -0.143. The number of likely N-dealkylation sites (tertiary alicyclic amines) is 1. The van der Waals surface area contributed by atoms with Crippen LogP contribution in [0.5, 0.6) is 0 Å². The van der Waals surface area contributed by atoms with Gasteiger partial charge in [0.05, 0.1) is 35.7 Å². The number of imide groups is 1. The van der Waals surface area contributed by atoms with Crippen LogP contribution in [0.1, 0.15) is 25.8 Å². The topological polar surface area (TPSA) is 87.7 Å². The van der Waals surface area contributed by atoms with Crippen molar-refractivity contribution in [2.24, 2.45) is 17.8 Å². The van der Waals surface area contributed by atoms with Gasteiger partial charge in [0.1, 0.15) is 5.54 Å². The number of amides is 3. The molecule has 1 aromatic rings. The minimum Gasteiger partial charge on any atom is -0.383 e. The fourth-order valence-corrected chi connectivity index (χ4v) is 5.19. The minimum absolute atomic E-state index is 0.190. The van der Waals surface area contributed by atoms with E-state index < -0.39 is 17.4 Å². The van der Waals surface area contributed by atoms with Gasteiger partial charge in [0, 0.05) is 18.7 Å². The summed E-state index contributed by atoms with van der Waals surface area (Å²) in [5.74, 6) is -1.96. The van der Waals surface area contributed by atoms with Crippen LogP contribution < -0.4 is 10.6 Å². The predicted molar refractivity (Wildman–Crippen MR) is 104 cm³/mol. The van der Waals surface area contributed by atoms with Crippen LogP contribution in [0.15, 0.2) is 18.2 Å². The van der Waals surface area contributed by atoms with Crippen molar-refractivity contribution in [1.82, 2.24) is 10.2 Å². The Labute approximate surface area is 168 Å². The third-order valence-electron chi connectivity index (χ3n) is 6.03. The molecule has 0 bridgehead atoms. The van der Waals surface area contributed by atoms with E-state index in [2.05, 4.69) is 24.5 Å². The second-order valence-electron chi connectivity index (χ2n) is 8.13. The van der Waals surface area contributed by atoms with E-state index in [0.717, 1.165) is 0 Å². The van der Waals surface area contributed by atoms with Crippen molar-refractivity contribution in [3.63, 3.8) is 0 Å². The van der Waals surface area contributed by atoms with E-state index in [1.807, 2.05) is 0 Å². The molecule has 1 aromatic carbocycles. The highest BCUT2D eigenvalue weighted by atomic mass is 35.5. The van der Waals surface area contributed by atoms with Crippen LogP contribution in [0.4, 0.5) is 5.69 Å². The van der Waals surface area contributed by atoms with Gasteiger partial charge in [-0.1, -0.05) is 37.6 Å².